The lowest BCUT2D eigenvalue weighted by molar-refractivity contribution is 0.102. The number of hydrogen-bond donors (Lipinski definition) is 2. The number of fused-ring (bicyclic) bond motifs is 1. The van der Waals surface area contributed by atoms with Gasteiger partial charge in [0.2, 0.25) is 0 Å². The number of anilines is 1. The molecule has 0 atom stereocenters. The highest BCUT2D eigenvalue weighted by Gasteiger charge is 2.14. The summed E-state index contributed by atoms with van der Waals surface area (Å²) in [5.74, 6) is 5.32. The molecule has 0 spiro atoms. The van der Waals surface area contributed by atoms with Crippen LogP contribution >= 0.6 is 11.3 Å². The molecule has 1 amide bonds. The van der Waals surface area contributed by atoms with Gasteiger partial charge in [-0.05, 0) is 0 Å². The van der Waals surface area contributed by atoms with Crippen molar-refractivity contribution in [3.8, 4) is 11.8 Å². The Morgan fingerprint density at radius 2 is 2.33 bits per heavy atom. The van der Waals surface area contributed by atoms with Crippen molar-refractivity contribution >= 4 is 27.9 Å². The number of rotatable bonds is 2. The Labute approximate surface area is 123 Å². The topological polar surface area (TPSA) is 98.2 Å². The molecule has 21 heavy (non-hydrogen) atoms. The summed E-state index contributed by atoms with van der Waals surface area (Å²) in [4.78, 5) is 21.1. The zero-order valence-corrected chi connectivity index (χ0v) is 11.6. The number of thiazole rings is 1. The van der Waals surface area contributed by atoms with Gasteiger partial charge in [-0.25, -0.2) is 9.50 Å². The Morgan fingerprint density at radius 1 is 1.43 bits per heavy atom. The molecule has 3 aromatic heterocycles. The predicted octanol–water partition coefficient (Wildman–Crippen LogP) is 0.748. The zero-order valence-electron chi connectivity index (χ0n) is 10.8. The van der Waals surface area contributed by atoms with Crippen molar-refractivity contribution in [2.75, 3.05) is 11.9 Å². The first-order chi connectivity index (χ1) is 10.3. The van der Waals surface area contributed by atoms with Crippen LogP contribution in [0.4, 0.5) is 5.13 Å². The highest BCUT2D eigenvalue weighted by atomic mass is 32.1. The Balaban J connectivity index is 1.81. The summed E-state index contributed by atoms with van der Waals surface area (Å²) in [6.07, 6.45) is 7.96. The Morgan fingerprint density at radius 3 is 3.19 bits per heavy atom. The van der Waals surface area contributed by atoms with Crippen LogP contribution in [0.2, 0.25) is 0 Å². The van der Waals surface area contributed by atoms with Crippen molar-refractivity contribution < 1.29 is 4.79 Å². The van der Waals surface area contributed by atoms with E-state index >= 15 is 0 Å². The van der Waals surface area contributed by atoms with Gasteiger partial charge in [0.1, 0.15) is 0 Å². The first-order valence-corrected chi connectivity index (χ1v) is 6.83. The fourth-order valence-corrected chi connectivity index (χ4v) is 2.39. The van der Waals surface area contributed by atoms with E-state index in [1.165, 1.54) is 17.5 Å². The van der Waals surface area contributed by atoms with Gasteiger partial charge in [-0.1, -0.05) is 23.2 Å². The molecule has 0 radical (unpaired) electrons. The molecule has 0 saturated carbocycles. The molecule has 3 aromatic rings. The van der Waals surface area contributed by atoms with E-state index < -0.39 is 0 Å². The molecule has 0 fully saturated rings. The van der Waals surface area contributed by atoms with Crippen LogP contribution in [0.25, 0.3) is 5.52 Å². The standard InChI is InChI=1S/C13H10N6OS/c14-3-1-2-9-6-16-13(21-9)18-12(20)10-7-17-19-5-4-15-8-11(10)19/h4-8H,3,14H2,(H,16,18,20). The Bertz CT molecular complexity index is 856. The number of carbonyl (C=O) groups is 1. The molecule has 0 aliphatic heterocycles. The Kier molecular flexibility index (Phi) is 3.59. The van der Waals surface area contributed by atoms with Crippen LogP contribution in [0.15, 0.2) is 31.0 Å². The third kappa shape index (κ3) is 2.74. The minimum atomic E-state index is -0.286. The average molecular weight is 298 g/mol. The van der Waals surface area contributed by atoms with E-state index in [1.807, 2.05) is 0 Å². The van der Waals surface area contributed by atoms with Crippen LogP contribution in [-0.4, -0.2) is 32.0 Å². The average Bonchev–Trinajstić information content (AvgIpc) is 3.11. The second-order valence-electron chi connectivity index (χ2n) is 3.95. The second-order valence-corrected chi connectivity index (χ2v) is 4.98. The molecule has 3 N–H and O–H groups in total. The summed E-state index contributed by atoms with van der Waals surface area (Å²) in [5.41, 5.74) is 6.38. The normalized spacial score (nSPS) is 10.1. The van der Waals surface area contributed by atoms with E-state index in [0.717, 1.165) is 4.88 Å². The lowest BCUT2D eigenvalue weighted by atomic mass is 10.3. The van der Waals surface area contributed by atoms with E-state index in [4.69, 9.17) is 5.73 Å². The number of nitrogens with one attached hydrogen (secondary N) is 1. The summed E-state index contributed by atoms with van der Waals surface area (Å²) < 4.78 is 1.59. The van der Waals surface area contributed by atoms with E-state index in [0.29, 0.717) is 16.2 Å². The van der Waals surface area contributed by atoms with Gasteiger partial charge < -0.3 is 5.73 Å². The maximum Gasteiger partial charge on any atom is 0.261 e. The maximum absolute atomic E-state index is 12.2. The van der Waals surface area contributed by atoms with Gasteiger partial charge in [-0.3, -0.25) is 15.1 Å². The van der Waals surface area contributed by atoms with E-state index in [9.17, 15) is 4.79 Å². The first-order valence-electron chi connectivity index (χ1n) is 6.01. The first kappa shape index (κ1) is 13.2. The molecule has 0 aromatic carbocycles. The molecular weight excluding hydrogens is 288 g/mol. The molecule has 0 aliphatic carbocycles. The fraction of sp³-hybridized carbons (Fsp3) is 0.0769. The van der Waals surface area contributed by atoms with Crippen molar-refractivity contribution in [1.29, 1.82) is 0 Å². The molecule has 104 valence electrons. The molecule has 0 aliphatic rings. The van der Waals surface area contributed by atoms with Crippen molar-refractivity contribution in [3.05, 3.63) is 41.4 Å². The number of carbonyl (C=O) groups excluding carboxylic acids is 1. The van der Waals surface area contributed by atoms with Crippen LogP contribution in [0, 0.1) is 11.8 Å². The van der Waals surface area contributed by atoms with Gasteiger partial charge in [0.15, 0.2) is 5.13 Å². The summed E-state index contributed by atoms with van der Waals surface area (Å²) in [7, 11) is 0. The monoisotopic (exact) mass is 298 g/mol. The van der Waals surface area contributed by atoms with Gasteiger partial charge in [-0.15, -0.1) is 0 Å². The zero-order chi connectivity index (χ0) is 14.7. The molecule has 0 unspecified atom stereocenters. The van der Waals surface area contributed by atoms with Gasteiger partial charge in [0.05, 0.1) is 41.1 Å². The predicted molar refractivity (Wildman–Crippen MR) is 79.0 cm³/mol. The molecule has 7 nitrogen and oxygen atoms in total. The Hall–Kier alpha value is -2.76. The lowest BCUT2D eigenvalue weighted by Crippen LogP contribution is -2.11. The van der Waals surface area contributed by atoms with E-state index in [1.54, 1.807) is 29.3 Å². The molecule has 8 heteroatoms. The largest absolute Gasteiger partial charge is 0.320 e. The quantitative estimate of drug-likeness (QED) is 0.680. The fourth-order valence-electron chi connectivity index (χ4n) is 1.70. The minimum absolute atomic E-state index is 0.286. The molecule has 0 bridgehead atoms. The van der Waals surface area contributed by atoms with Gasteiger partial charge in [0.25, 0.3) is 5.91 Å². The van der Waals surface area contributed by atoms with Crippen LogP contribution < -0.4 is 11.1 Å². The van der Waals surface area contributed by atoms with Crippen LogP contribution in [0.3, 0.4) is 0 Å². The highest BCUT2D eigenvalue weighted by Crippen LogP contribution is 2.18. The number of hydrogen-bond acceptors (Lipinski definition) is 6. The van der Waals surface area contributed by atoms with Gasteiger partial charge >= 0.3 is 0 Å². The van der Waals surface area contributed by atoms with Crippen molar-refractivity contribution in [3.63, 3.8) is 0 Å². The SMILES string of the molecule is NCC#Cc1cnc(NC(=O)c2cnn3ccncc23)s1. The minimum Gasteiger partial charge on any atom is -0.320 e. The lowest BCUT2D eigenvalue weighted by Gasteiger charge is -1.99. The number of aromatic nitrogens is 4. The van der Waals surface area contributed by atoms with Crippen molar-refractivity contribution in [1.82, 2.24) is 19.6 Å². The summed E-state index contributed by atoms with van der Waals surface area (Å²) in [6, 6.07) is 0. The molecule has 3 rings (SSSR count). The number of amides is 1. The summed E-state index contributed by atoms with van der Waals surface area (Å²) in [6.45, 7) is 0.287. The van der Waals surface area contributed by atoms with Gasteiger partial charge in [0, 0.05) is 12.4 Å². The second kappa shape index (κ2) is 5.70. The van der Waals surface area contributed by atoms with E-state index in [-0.39, 0.29) is 12.5 Å². The molecular formula is C13H10N6OS. The smallest absolute Gasteiger partial charge is 0.261 e. The van der Waals surface area contributed by atoms with E-state index in [2.05, 4.69) is 32.2 Å². The van der Waals surface area contributed by atoms with Crippen LogP contribution in [-0.2, 0) is 0 Å². The summed E-state index contributed by atoms with van der Waals surface area (Å²) in [5, 5.41) is 7.29. The maximum atomic E-state index is 12.2. The summed E-state index contributed by atoms with van der Waals surface area (Å²) >= 11 is 1.29. The van der Waals surface area contributed by atoms with Crippen LogP contribution in [0.1, 0.15) is 15.2 Å². The third-order valence-corrected chi connectivity index (χ3v) is 3.44. The van der Waals surface area contributed by atoms with Gasteiger partial charge in [-0.2, -0.15) is 5.10 Å². The molecule has 3 heterocycles. The van der Waals surface area contributed by atoms with Crippen molar-refractivity contribution in [2.45, 2.75) is 0 Å². The van der Waals surface area contributed by atoms with Crippen LogP contribution in [0.5, 0.6) is 0 Å². The third-order valence-electron chi connectivity index (χ3n) is 2.61. The number of nitrogens with zero attached hydrogens (tertiary/aromatic N) is 4. The van der Waals surface area contributed by atoms with Crippen molar-refractivity contribution in [2.24, 2.45) is 5.73 Å². The number of nitrogens with two attached hydrogens (primary N) is 1. The highest BCUT2D eigenvalue weighted by molar-refractivity contribution is 7.16. The molecule has 0 saturated heterocycles.